The zero-order valence-corrected chi connectivity index (χ0v) is 12.4. The first kappa shape index (κ1) is 14.4. The van der Waals surface area contributed by atoms with Crippen LogP contribution in [0.5, 0.6) is 5.75 Å². The van der Waals surface area contributed by atoms with E-state index >= 15 is 0 Å². The zero-order chi connectivity index (χ0) is 14.6. The van der Waals surface area contributed by atoms with Crippen molar-refractivity contribution in [3.63, 3.8) is 0 Å². The second-order valence-electron chi connectivity index (χ2n) is 6.12. The van der Waals surface area contributed by atoms with Crippen LogP contribution in [-0.2, 0) is 11.8 Å². The smallest absolute Gasteiger partial charge is 0.119 e. The number of phenolic OH excluding ortho intramolecular Hbond substituents is 1. The highest BCUT2D eigenvalue weighted by molar-refractivity contribution is 5.50. The lowest BCUT2D eigenvalue weighted by atomic mass is 9.85. The van der Waals surface area contributed by atoms with Crippen LogP contribution in [-0.4, -0.2) is 5.11 Å². The van der Waals surface area contributed by atoms with Crippen LogP contribution < -0.4 is 0 Å². The van der Waals surface area contributed by atoms with Crippen LogP contribution >= 0.6 is 0 Å². The van der Waals surface area contributed by atoms with E-state index in [2.05, 4.69) is 51.1 Å². The average molecular weight is 266 g/mol. The van der Waals surface area contributed by atoms with Crippen LogP contribution in [0.1, 0.15) is 37.5 Å². The minimum Gasteiger partial charge on any atom is -0.508 e. The molecule has 0 radical (unpaired) electrons. The van der Waals surface area contributed by atoms with E-state index in [1.807, 2.05) is 24.3 Å². The molecule has 0 aliphatic heterocycles. The van der Waals surface area contributed by atoms with Gasteiger partial charge in [0.25, 0.3) is 0 Å². The van der Waals surface area contributed by atoms with Crippen LogP contribution in [0.4, 0.5) is 0 Å². The van der Waals surface area contributed by atoms with E-state index in [0.29, 0.717) is 5.75 Å². The maximum Gasteiger partial charge on any atom is 0.119 e. The largest absolute Gasteiger partial charge is 0.508 e. The number of rotatable bonds is 3. The number of hydrogen-bond acceptors (Lipinski definition) is 1. The van der Waals surface area contributed by atoms with Crippen LogP contribution in [0.25, 0.3) is 6.08 Å². The molecule has 104 valence electrons. The fourth-order valence-electron chi connectivity index (χ4n) is 2.21. The molecule has 0 saturated heterocycles. The third-order valence-electron chi connectivity index (χ3n) is 3.33. The Hall–Kier alpha value is -2.02. The summed E-state index contributed by atoms with van der Waals surface area (Å²) < 4.78 is 0. The second kappa shape index (κ2) is 5.96. The van der Waals surface area contributed by atoms with Crippen molar-refractivity contribution >= 4 is 6.08 Å². The van der Waals surface area contributed by atoms with Crippen LogP contribution in [0, 0.1) is 0 Å². The highest BCUT2D eigenvalue weighted by atomic mass is 16.3. The molecule has 0 bridgehead atoms. The third kappa shape index (κ3) is 3.74. The Labute approximate surface area is 121 Å². The fourth-order valence-corrected chi connectivity index (χ4v) is 2.21. The summed E-state index contributed by atoms with van der Waals surface area (Å²) in [6.07, 6.45) is 5.16. The summed E-state index contributed by atoms with van der Waals surface area (Å²) >= 11 is 0. The maximum absolute atomic E-state index is 9.96. The van der Waals surface area contributed by atoms with Gasteiger partial charge in [-0.3, -0.25) is 0 Å². The van der Waals surface area contributed by atoms with Gasteiger partial charge in [-0.15, -0.1) is 0 Å². The quantitative estimate of drug-likeness (QED) is 0.833. The van der Waals surface area contributed by atoms with E-state index in [9.17, 15) is 5.11 Å². The zero-order valence-electron chi connectivity index (χ0n) is 12.4. The van der Waals surface area contributed by atoms with Gasteiger partial charge in [-0.2, -0.15) is 0 Å². The summed E-state index contributed by atoms with van der Waals surface area (Å²) in [6, 6.07) is 16.2. The summed E-state index contributed by atoms with van der Waals surface area (Å²) in [5, 5.41) is 9.96. The molecule has 0 atom stereocenters. The Morgan fingerprint density at radius 3 is 2.35 bits per heavy atom. The molecule has 20 heavy (non-hydrogen) atoms. The molecule has 0 amide bonds. The predicted molar refractivity (Wildman–Crippen MR) is 86.0 cm³/mol. The third-order valence-corrected chi connectivity index (χ3v) is 3.33. The van der Waals surface area contributed by atoms with E-state index in [-0.39, 0.29) is 5.41 Å². The van der Waals surface area contributed by atoms with Gasteiger partial charge in [0.2, 0.25) is 0 Å². The first-order valence-corrected chi connectivity index (χ1v) is 7.01. The molecule has 0 saturated carbocycles. The van der Waals surface area contributed by atoms with Crippen LogP contribution in [0.3, 0.4) is 0 Å². The highest BCUT2D eigenvalue weighted by Crippen LogP contribution is 2.31. The molecule has 0 aromatic heterocycles. The summed E-state index contributed by atoms with van der Waals surface area (Å²) in [7, 11) is 0. The first-order chi connectivity index (χ1) is 9.47. The van der Waals surface area contributed by atoms with Crippen molar-refractivity contribution in [2.24, 2.45) is 0 Å². The highest BCUT2D eigenvalue weighted by Gasteiger charge is 2.17. The van der Waals surface area contributed by atoms with Gasteiger partial charge in [0.1, 0.15) is 5.75 Å². The lowest BCUT2D eigenvalue weighted by Crippen LogP contribution is -2.11. The van der Waals surface area contributed by atoms with E-state index in [1.54, 1.807) is 6.07 Å². The van der Waals surface area contributed by atoms with Gasteiger partial charge < -0.3 is 5.11 Å². The maximum atomic E-state index is 9.96. The van der Waals surface area contributed by atoms with E-state index in [1.165, 1.54) is 11.1 Å². The molecule has 0 unspecified atom stereocenters. The molecule has 2 aromatic rings. The summed E-state index contributed by atoms with van der Waals surface area (Å²) in [5.41, 5.74) is 3.40. The Morgan fingerprint density at radius 1 is 1.00 bits per heavy atom. The number of allylic oxidation sites excluding steroid dienone is 1. The van der Waals surface area contributed by atoms with Crippen molar-refractivity contribution in [2.45, 2.75) is 32.6 Å². The molecule has 2 aromatic carbocycles. The summed E-state index contributed by atoms with van der Waals surface area (Å²) in [5.74, 6) is 0.383. The van der Waals surface area contributed by atoms with Gasteiger partial charge in [0, 0.05) is 0 Å². The van der Waals surface area contributed by atoms with Gasteiger partial charge >= 0.3 is 0 Å². The molecule has 0 aliphatic carbocycles. The number of phenols is 1. The molecular formula is C19H22O. The minimum atomic E-state index is -0.0385. The standard InChI is InChI=1S/C19H22O/c1-19(2,3)17-14-16(12-13-18(17)20)11-7-10-15-8-5-4-6-9-15/h4-10,12-14,20H,11H2,1-3H3/b10-7+. The molecule has 0 heterocycles. The Morgan fingerprint density at radius 2 is 1.70 bits per heavy atom. The van der Waals surface area contributed by atoms with Crippen molar-refractivity contribution in [3.8, 4) is 5.75 Å². The van der Waals surface area contributed by atoms with Gasteiger partial charge in [0.05, 0.1) is 0 Å². The SMILES string of the molecule is CC(C)(C)c1cc(C/C=C/c2ccccc2)ccc1O. The minimum absolute atomic E-state index is 0.0385. The fraction of sp³-hybridized carbons (Fsp3) is 0.263. The molecule has 0 spiro atoms. The van der Waals surface area contributed by atoms with Crippen molar-refractivity contribution in [1.82, 2.24) is 0 Å². The predicted octanol–water partition coefficient (Wildman–Crippen LogP) is 4.95. The monoisotopic (exact) mass is 266 g/mol. The van der Waals surface area contributed by atoms with E-state index in [4.69, 9.17) is 0 Å². The topological polar surface area (TPSA) is 20.2 Å². The molecule has 0 aliphatic rings. The van der Waals surface area contributed by atoms with Crippen molar-refractivity contribution < 1.29 is 5.11 Å². The Kier molecular flexibility index (Phi) is 4.29. The second-order valence-corrected chi connectivity index (χ2v) is 6.12. The van der Waals surface area contributed by atoms with Gasteiger partial charge in [-0.05, 0) is 34.6 Å². The van der Waals surface area contributed by atoms with Crippen molar-refractivity contribution in [3.05, 3.63) is 71.3 Å². The normalized spacial score (nSPS) is 11.9. The lowest BCUT2D eigenvalue weighted by molar-refractivity contribution is 0.446. The summed E-state index contributed by atoms with van der Waals surface area (Å²) in [6.45, 7) is 6.35. The van der Waals surface area contributed by atoms with E-state index in [0.717, 1.165) is 12.0 Å². The van der Waals surface area contributed by atoms with E-state index < -0.39 is 0 Å². The van der Waals surface area contributed by atoms with Gasteiger partial charge in [-0.1, -0.05) is 75.4 Å². The average Bonchev–Trinajstić information content (AvgIpc) is 2.40. The first-order valence-electron chi connectivity index (χ1n) is 7.01. The van der Waals surface area contributed by atoms with Crippen molar-refractivity contribution in [2.75, 3.05) is 0 Å². The number of hydrogen-bond donors (Lipinski definition) is 1. The Balaban J connectivity index is 2.13. The van der Waals surface area contributed by atoms with Crippen LogP contribution in [0.2, 0.25) is 0 Å². The lowest BCUT2D eigenvalue weighted by Gasteiger charge is -2.21. The molecule has 1 heteroatoms. The van der Waals surface area contributed by atoms with Crippen LogP contribution in [0.15, 0.2) is 54.6 Å². The molecule has 2 rings (SSSR count). The molecule has 1 N–H and O–H groups in total. The summed E-state index contributed by atoms with van der Waals surface area (Å²) in [4.78, 5) is 0. The number of aromatic hydroxyl groups is 1. The molecular weight excluding hydrogens is 244 g/mol. The van der Waals surface area contributed by atoms with Gasteiger partial charge in [-0.25, -0.2) is 0 Å². The molecule has 1 nitrogen and oxygen atoms in total. The Bertz CT molecular complexity index is 589. The van der Waals surface area contributed by atoms with Crippen molar-refractivity contribution in [1.29, 1.82) is 0 Å². The van der Waals surface area contributed by atoms with Gasteiger partial charge in [0.15, 0.2) is 0 Å². The number of benzene rings is 2. The molecule has 0 fully saturated rings.